The second kappa shape index (κ2) is 5.36. The van der Waals surface area contributed by atoms with Crippen LogP contribution in [0.2, 0.25) is 0 Å². The Morgan fingerprint density at radius 1 is 1.45 bits per heavy atom. The third-order valence-corrected chi connectivity index (χ3v) is 3.30. The van der Waals surface area contributed by atoms with E-state index >= 15 is 0 Å². The minimum atomic E-state index is -0.988. The van der Waals surface area contributed by atoms with Gasteiger partial charge in [0, 0.05) is 25.7 Å². The van der Waals surface area contributed by atoms with Crippen LogP contribution in [-0.4, -0.2) is 41.6 Å². The summed E-state index contributed by atoms with van der Waals surface area (Å²) >= 11 is 0. The lowest BCUT2D eigenvalue weighted by atomic mass is 10.1. The molecule has 0 spiro atoms. The molecular weight excluding hydrogens is 256 g/mol. The maximum Gasteiger partial charge on any atom is 0.327 e. The summed E-state index contributed by atoms with van der Waals surface area (Å²) < 4.78 is 0. The largest absolute Gasteiger partial charge is 0.480 e. The Balaban J connectivity index is 2.33. The number of para-hydroxylation sites is 1. The lowest BCUT2D eigenvalue weighted by molar-refractivity contribution is -0.138. The van der Waals surface area contributed by atoms with Crippen molar-refractivity contribution in [2.75, 3.05) is 18.5 Å². The summed E-state index contributed by atoms with van der Waals surface area (Å²) in [5.41, 5.74) is 2.41. The predicted octanol–water partition coefficient (Wildman–Crippen LogP) is 2.13. The number of rotatable bonds is 3. The normalized spacial score (nSPS) is 16.7. The average Bonchev–Trinajstić information content (AvgIpc) is 2.76. The molecule has 1 atom stereocenters. The lowest BCUT2D eigenvalue weighted by Gasteiger charge is -2.28. The Bertz CT molecular complexity index is 568. The van der Waals surface area contributed by atoms with Crippen molar-refractivity contribution in [1.29, 1.82) is 0 Å². The van der Waals surface area contributed by atoms with Crippen LogP contribution in [-0.2, 0) is 11.2 Å². The van der Waals surface area contributed by atoms with Gasteiger partial charge in [-0.05, 0) is 18.6 Å². The van der Waals surface area contributed by atoms with Crippen LogP contribution >= 0.6 is 0 Å². The number of fused-ring (bicyclic) bond motifs is 1. The molecule has 1 aromatic carbocycles. The standard InChI is InChI=1S/C15H18N2O3/c1-10(2)9-16(3)15(20)17-12-7-5-4-6-11(12)8-13(17)14(18)19/h4-7,13H,1,8-9H2,2-3H3,(H,18,19)/t13-/m0/s1. The number of carboxylic acid groups (broad SMARTS) is 1. The molecule has 0 saturated carbocycles. The Labute approximate surface area is 118 Å². The van der Waals surface area contributed by atoms with Crippen LogP contribution in [0.5, 0.6) is 0 Å². The van der Waals surface area contributed by atoms with E-state index in [1.165, 1.54) is 9.80 Å². The van der Waals surface area contributed by atoms with Gasteiger partial charge >= 0.3 is 12.0 Å². The molecule has 0 saturated heterocycles. The zero-order valence-corrected chi connectivity index (χ0v) is 11.7. The minimum absolute atomic E-state index is 0.314. The van der Waals surface area contributed by atoms with Gasteiger partial charge in [0.1, 0.15) is 6.04 Å². The van der Waals surface area contributed by atoms with Crippen LogP contribution in [0.25, 0.3) is 0 Å². The molecule has 0 radical (unpaired) electrons. The molecule has 20 heavy (non-hydrogen) atoms. The van der Waals surface area contributed by atoms with Gasteiger partial charge in [0.05, 0.1) is 0 Å². The zero-order chi connectivity index (χ0) is 14.9. The third kappa shape index (κ3) is 2.52. The van der Waals surface area contributed by atoms with E-state index in [1.54, 1.807) is 13.1 Å². The van der Waals surface area contributed by atoms with Crippen molar-refractivity contribution in [3.05, 3.63) is 42.0 Å². The van der Waals surface area contributed by atoms with Crippen molar-refractivity contribution < 1.29 is 14.7 Å². The first kappa shape index (κ1) is 14.1. The SMILES string of the molecule is C=C(C)CN(C)C(=O)N1c2ccccc2C[C@H]1C(=O)O. The van der Waals surface area contributed by atoms with Gasteiger partial charge < -0.3 is 10.0 Å². The molecule has 1 heterocycles. The van der Waals surface area contributed by atoms with Gasteiger partial charge in [-0.2, -0.15) is 0 Å². The molecule has 5 nitrogen and oxygen atoms in total. The molecule has 0 fully saturated rings. The van der Waals surface area contributed by atoms with Crippen LogP contribution in [0.15, 0.2) is 36.4 Å². The molecule has 2 rings (SSSR count). The Hall–Kier alpha value is -2.30. The number of aliphatic carboxylic acids is 1. The highest BCUT2D eigenvalue weighted by Crippen LogP contribution is 2.32. The Morgan fingerprint density at radius 2 is 2.10 bits per heavy atom. The van der Waals surface area contributed by atoms with E-state index in [0.29, 0.717) is 18.7 Å². The highest BCUT2D eigenvalue weighted by atomic mass is 16.4. The van der Waals surface area contributed by atoms with E-state index in [9.17, 15) is 14.7 Å². The van der Waals surface area contributed by atoms with Crippen molar-refractivity contribution in [2.24, 2.45) is 0 Å². The van der Waals surface area contributed by atoms with Gasteiger partial charge in [-0.25, -0.2) is 9.59 Å². The Morgan fingerprint density at radius 3 is 2.70 bits per heavy atom. The first-order valence-electron chi connectivity index (χ1n) is 6.41. The number of hydrogen-bond acceptors (Lipinski definition) is 2. The number of amides is 2. The maximum absolute atomic E-state index is 12.5. The second-order valence-corrected chi connectivity index (χ2v) is 5.15. The fourth-order valence-corrected chi connectivity index (χ4v) is 2.48. The van der Waals surface area contributed by atoms with E-state index in [4.69, 9.17) is 0 Å². The monoisotopic (exact) mass is 274 g/mol. The number of anilines is 1. The van der Waals surface area contributed by atoms with Crippen molar-refractivity contribution >= 4 is 17.7 Å². The molecule has 2 amide bonds. The first-order chi connectivity index (χ1) is 9.41. The number of benzene rings is 1. The maximum atomic E-state index is 12.5. The molecule has 1 aliphatic rings. The molecule has 1 N–H and O–H groups in total. The third-order valence-electron chi connectivity index (χ3n) is 3.30. The van der Waals surface area contributed by atoms with Gasteiger partial charge in [0.25, 0.3) is 0 Å². The lowest BCUT2D eigenvalue weighted by Crippen LogP contribution is -2.48. The fourth-order valence-electron chi connectivity index (χ4n) is 2.48. The van der Waals surface area contributed by atoms with Crippen molar-refractivity contribution in [1.82, 2.24) is 4.90 Å². The van der Waals surface area contributed by atoms with E-state index in [1.807, 2.05) is 25.1 Å². The molecule has 1 aromatic rings. The van der Waals surface area contributed by atoms with Gasteiger partial charge in [0.15, 0.2) is 0 Å². The van der Waals surface area contributed by atoms with Crippen molar-refractivity contribution in [3.63, 3.8) is 0 Å². The highest BCUT2D eigenvalue weighted by molar-refractivity contribution is 6.01. The number of nitrogens with zero attached hydrogens (tertiary/aromatic N) is 2. The molecule has 5 heteroatoms. The number of urea groups is 1. The summed E-state index contributed by atoms with van der Waals surface area (Å²) in [6.45, 7) is 6.01. The van der Waals surface area contributed by atoms with E-state index in [0.717, 1.165) is 11.1 Å². The molecule has 0 aromatic heterocycles. The summed E-state index contributed by atoms with van der Waals surface area (Å²) in [6, 6.07) is 6.14. The number of carbonyl (C=O) groups excluding carboxylic acids is 1. The number of carbonyl (C=O) groups is 2. The van der Waals surface area contributed by atoms with Crippen molar-refractivity contribution in [2.45, 2.75) is 19.4 Å². The first-order valence-corrected chi connectivity index (χ1v) is 6.41. The van der Waals surface area contributed by atoms with Crippen LogP contribution in [0, 0.1) is 0 Å². The van der Waals surface area contributed by atoms with Gasteiger partial charge in [0.2, 0.25) is 0 Å². The quantitative estimate of drug-likeness (QED) is 0.859. The predicted molar refractivity (Wildman–Crippen MR) is 76.9 cm³/mol. The van der Waals surface area contributed by atoms with Crippen LogP contribution in [0.1, 0.15) is 12.5 Å². The summed E-state index contributed by atoms with van der Waals surface area (Å²) in [5, 5.41) is 9.34. The van der Waals surface area contributed by atoms with E-state index in [-0.39, 0.29) is 6.03 Å². The molecule has 1 aliphatic heterocycles. The van der Waals surface area contributed by atoms with E-state index < -0.39 is 12.0 Å². The number of carboxylic acids is 1. The van der Waals surface area contributed by atoms with Crippen LogP contribution in [0.4, 0.5) is 10.5 Å². The molecule has 0 aliphatic carbocycles. The summed E-state index contributed by atoms with van der Waals surface area (Å²) in [4.78, 5) is 26.8. The zero-order valence-electron chi connectivity index (χ0n) is 11.7. The molecule has 106 valence electrons. The molecule has 0 bridgehead atoms. The van der Waals surface area contributed by atoms with Crippen LogP contribution < -0.4 is 4.90 Å². The highest BCUT2D eigenvalue weighted by Gasteiger charge is 2.39. The van der Waals surface area contributed by atoms with Crippen molar-refractivity contribution in [3.8, 4) is 0 Å². The smallest absolute Gasteiger partial charge is 0.327 e. The van der Waals surface area contributed by atoms with E-state index in [2.05, 4.69) is 6.58 Å². The molecular formula is C15H18N2O3. The number of hydrogen-bond donors (Lipinski definition) is 1. The topological polar surface area (TPSA) is 60.9 Å². The average molecular weight is 274 g/mol. The molecule has 0 unspecified atom stereocenters. The summed E-state index contributed by atoms with van der Waals surface area (Å²) in [6.07, 6.45) is 0.345. The second-order valence-electron chi connectivity index (χ2n) is 5.15. The fraction of sp³-hybridized carbons (Fsp3) is 0.333. The Kier molecular flexibility index (Phi) is 3.79. The van der Waals surface area contributed by atoms with Crippen LogP contribution in [0.3, 0.4) is 0 Å². The number of likely N-dealkylation sites (N-methyl/N-ethyl adjacent to an activating group) is 1. The minimum Gasteiger partial charge on any atom is -0.480 e. The van der Waals surface area contributed by atoms with Gasteiger partial charge in [-0.1, -0.05) is 30.4 Å². The van der Waals surface area contributed by atoms with Gasteiger partial charge in [-0.15, -0.1) is 0 Å². The van der Waals surface area contributed by atoms with Gasteiger partial charge in [-0.3, -0.25) is 4.90 Å². The summed E-state index contributed by atoms with van der Waals surface area (Å²) in [5.74, 6) is -0.988. The summed E-state index contributed by atoms with van der Waals surface area (Å²) in [7, 11) is 1.65.